The second kappa shape index (κ2) is 13.5. The molecule has 1 fully saturated rings. The number of anilines is 2. The average Bonchev–Trinajstić information content (AvgIpc) is 3.71. The third kappa shape index (κ3) is 6.41. The first-order chi connectivity index (χ1) is 25.7. The molecule has 268 valence electrons. The molecule has 0 aliphatic carbocycles. The molecule has 1 saturated heterocycles. The number of aromatic hydroxyl groups is 1. The lowest BCUT2D eigenvalue weighted by Gasteiger charge is -2.36. The fourth-order valence-electron chi connectivity index (χ4n) is 6.08. The van der Waals surface area contributed by atoms with Crippen molar-refractivity contribution in [3.63, 3.8) is 0 Å². The Bertz CT molecular complexity index is 2550. The number of carbonyl (C=O) groups is 2. The maximum Gasteiger partial charge on any atom is 0.416 e. The normalized spacial score (nSPS) is 14.2. The summed E-state index contributed by atoms with van der Waals surface area (Å²) in [5.74, 6) is -1.38. The van der Waals surface area contributed by atoms with E-state index in [9.17, 15) is 32.7 Å². The van der Waals surface area contributed by atoms with E-state index in [2.05, 4.69) is 25.4 Å². The highest BCUT2D eigenvalue weighted by molar-refractivity contribution is 7.17. The Hall–Kier alpha value is -5.55. The molecule has 0 bridgehead atoms. The number of halogens is 4. The number of aromatic nitrogens is 6. The Morgan fingerprint density at radius 2 is 1.88 bits per heavy atom. The van der Waals surface area contributed by atoms with Gasteiger partial charge in [-0.2, -0.15) is 22.7 Å². The summed E-state index contributed by atoms with van der Waals surface area (Å²) in [5.41, 5.74) is -0.397. The van der Waals surface area contributed by atoms with Crippen LogP contribution in [0.2, 0.25) is 5.02 Å². The molecule has 5 heterocycles. The van der Waals surface area contributed by atoms with Crippen molar-refractivity contribution in [2.24, 2.45) is 0 Å². The van der Waals surface area contributed by atoms with Crippen molar-refractivity contribution in [2.45, 2.75) is 33.0 Å². The number of aryl methyl sites for hydroxylation is 1. The van der Waals surface area contributed by atoms with Crippen LogP contribution < -0.4 is 15.8 Å². The van der Waals surface area contributed by atoms with E-state index in [1.54, 1.807) is 36.9 Å². The van der Waals surface area contributed by atoms with E-state index >= 15 is 0 Å². The minimum atomic E-state index is -4.64. The van der Waals surface area contributed by atoms with Crippen LogP contribution >= 0.6 is 22.9 Å². The maximum atomic E-state index is 14.3. The molecule has 0 radical (unpaired) electrons. The SMILES string of the molecule is [2H]c1sc2ccc(-c3nc4n(CC(=O)Nc5ccc(C(F)(F)F)cc5Cl)c(CC)c(N5CCN(C(=O)c6ncnc(C)c6O)CC5)c(=O)n4n3)cc2c1[2H]. The van der Waals surface area contributed by atoms with Gasteiger partial charge in [0.05, 0.1) is 30.4 Å². The lowest BCUT2D eigenvalue weighted by molar-refractivity contribution is -0.137. The lowest BCUT2D eigenvalue weighted by Crippen LogP contribution is -2.51. The van der Waals surface area contributed by atoms with Gasteiger partial charge >= 0.3 is 6.18 Å². The van der Waals surface area contributed by atoms with Crippen LogP contribution in [0.3, 0.4) is 0 Å². The molecular weight excluding hydrogens is 723 g/mol. The molecule has 2 amide bonds. The number of hydrogen-bond acceptors (Lipinski definition) is 10. The fraction of sp³-hybridized carbons (Fsp3) is 0.265. The first-order valence-electron chi connectivity index (χ1n) is 16.9. The maximum absolute atomic E-state index is 14.3. The zero-order valence-corrected chi connectivity index (χ0v) is 29.0. The summed E-state index contributed by atoms with van der Waals surface area (Å²) in [6.45, 7) is 3.59. The first kappa shape index (κ1) is 32.4. The summed E-state index contributed by atoms with van der Waals surface area (Å²) in [6, 6.07) is 7.70. The molecule has 0 atom stereocenters. The number of hydrogen-bond donors (Lipinski definition) is 2. The summed E-state index contributed by atoms with van der Waals surface area (Å²) in [7, 11) is 0. The predicted molar refractivity (Wildman–Crippen MR) is 189 cm³/mol. The molecule has 0 unspecified atom stereocenters. The summed E-state index contributed by atoms with van der Waals surface area (Å²) < 4.78 is 59.4. The van der Waals surface area contributed by atoms with Crippen molar-refractivity contribution in [3.05, 3.63) is 92.1 Å². The monoisotopic (exact) mass is 753 g/mol. The van der Waals surface area contributed by atoms with Gasteiger partial charge in [0.15, 0.2) is 17.3 Å². The molecule has 2 N–H and O–H groups in total. The fourth-order valence-corrected chi connectivity index (χ4v) is 6.93. The Morgan fingerprint density at radius 1 is 1.12 bits per heavy atom. The van der Waals surface area contributed by atoms with E-state index in [1.807, 2.05) is 0 Å². The number of thiophene rings is 1. The van der Waals surface area contributed by atoms with Gasteiger partial charge in [0, 0.05) is 36.4 Å². The Morgan fingerprint density at radius 3 is 2.60 bits per heavy atom. The van der Waals surface area contributed by atoms with E-state index in [4.69, 9.17) is 14.3 Å². The number of nitrogens with zero attached hydrogens (tertiary/aromatic N) is 8. The molecule has 18 heteroatoms. The van der Waals surface area contributed by atoms with Crippen LogP contribution in [0.25, 0.3) is 27.3 Å². The highest BCUT2D eigenvalue weighted by atomic mass is 35.5. The number of alkyl halides is 3. The highest BCUT2D eigenvalue weighted by Gasteiger charge is 2.32. The molecule has 13 nitrogen and oxygen atoms in total. The smallest absolute Gasteiger partial charge is 0.416 e. The summed E-state index contributed by atoms with van der Waals surface area (Å²) in [5, 5.41) is 17.8. The third-order valence-electron chi connectivity index (χ3n) is 8.71. The average molecular weight is 754 g/mol. The quantitative estimate of drug-likeness (QED) is 0.218. The minimum absolute atomic E-state index is 0.00498. The van der Waals surface area contributed by atoms with Gasteiger partial charge in [-0.3, -0.25) is 14.4 Å². The van der Waals surface area contributed by atoms with Crippen molar-refractivity contribution in [3.8, 4) is 17.1 Å². The van der Waals surface area contributed by atoms with E-state index in [-0.39, 0.29) is 89.1 Å². The number of benzene rings is 2. The number of amides is 2. The second-order valence-corrected chi connectivity index (χ2v) is 13.2. The third-order valence-corrected chi connectivity index (χ3v) is 9.80. The first-order valence-corrected chi connectivity index (χ1v) is 17.1. The Kier molecular flexibility index (Phi) is 8.42. The molecule has 6 aromatic rings. The van der Waals surface area contributed by atoms with Gasteiger partial charge in [0.1, 0.15) is 18.6 Å². The van der Waals surface area contributed by atoms with Crippen molar-refractivity contribution >= 4 is 62.0 Å². The van der Waals surface area contributed by atoms with Gasteiger partial charge in [0.2, 0.25) is 11.7 Å². The Labute approximate surface area is 304 Å². The van der Waals surface area contributed by atoms with Crippen LogP contribution in [-0.4, -0.2) is 77.1 Å². The molecule has 1 aliphatic heterocycles. The molecule has 2 aromatic carbocycles. The van der Waals surface area contributed by atoms with Gasteiger partial charge in [-0.05, 0) is 66.5 Å². The van der Waals surface area contributed by atoms with Crippen molar-refractivity contribution in [1.82, 2.24) is 34.0 Å². The van der Waals surface area contributed by atoms with Crippen LogP contribution in [0.4, 0.5) is 24.5 Å². The zero-order chi connectivity index (χ0) is 38.6. The van der Waals surface area contributed by atoms with Crippen LogP contribution in [-0.2, 0) is 23.9 Å². The van der Waals surface area contributed by atoms with Gasteiger partial charge in [-0.1, -0.05) is 18.5 Å². The Balaban J connectivity index is 1.28. The van der Waals surface area contributed by atoms with Crippen LogP contribution in [0.5, 0.6) is 5.75 Å². The molecule has 0 spiro atoms. The molecule has 0 saturated carbocycles. The number of carbonyl (C=O) groups excluding carboxylic acids is 2. The predicted octanol–water partition coefficient (Wildman–Crippen LogP) is 5.41. The van der Waals surface area contributed by atoms with Crippen molar-refractivity contribution < 1.29 is 30.6 Å². The van der Waals surface area contributed by atoms with Crippen LogP contribution in [0.15, 0.2) is 58.9 Å². The molecule has 52 heavy (non-hydrogen) atoms. The van der Waals surface area contributed by atoms with Crippen molar-refractivity contribution in [1.29, 1.82) is 0 Å². The van der Waals surface area contributed by atoms with Gasteiger partial charge in [-0.15, -0.1) is 16.4 Å². The summed E-state index contributed by atoms with van der Waals surface area (Å²) in [4.78, 5) is 57.0. The topological polar surface area (TPSA) is 151 Å². The lowest BCUT2D eigenvalue weighted by atomic mass is 10.1. The van der Waals surface area contributed by atoms with E-state index in [0.29, 0.717) is 27.4 Å². The molecule has 7 rings (SSSR count). The highest BCUT2D eigenvalue weighted by Crippen LogP contribution is 2.34. The number of rotatable bonds is 7. The number of piperazine rings is 1. The van der Waals surface area contributed by atoms with E-state index in [1.165, 1.54) is 15.8 Å². The van der Waals surface area contributed by atoms with E-state index < -0.39 is 35.7 Å². The van der Waals surface area contributed by atoms with Crippen LogP contribution in [0, 0.1) is 6.92 Å². The number of fused-ring (bicyclic) bond motifs is 2. The summed E-state index contributed by atoms with van der Waals surface area (Å²) >= 11 is 7.28. The number of nitrogens with one attached hydrogen (secondary N) is 1. The standard InChI is InChI=1S/C34H29ClF3N9O4S/c1-3-24-28(44-9-11-45(12-10-44)31(50)27-29(49)18(2)39-17-40-27)32(51)47-33(42-30(43-47)20-4-7-25-19(14-20)8-13-52-25)46(24)16-26(48)41-23-6-5-21(15-22(23)35)34(36,37)38/h4-8,13-15,17,49H,3,9-12,16H2,1-2H3,(H,41,48)/i8D,13D. The molecule has 1 aliphatic rings. The van der Waals surface area contributed by atoms with E-state index in [0.717, 1.165) is 28.0 Å². The van der Waals surface area contributed by atoms with Gasteiger partial charge in [-0.25, -0.2) is 9.97 Å². The largest absolute Gasteiger partial charge is 0.504 e. The summed E-state index contributed by atoms with van der Waals surface area (Å²) in [6.07, 6.45) is -3.21. The zero-order valence-electron chi connectivity index (χ0n) is 29.5. The van der Waals surface area contributed by atoms with Crippen LogP contribution in [0.1, 0.15) is 37.1 Å². The van der Waals surface area contributed by atoms with Crippen molar-refractivity contribution in [2.75, 3.05) is 36.4 Å². The molecular formula is C34H29ClF3N9O4S. The van der Waals surface area contributed by atoms with Gasteiger partial charge in [0.25, 0.3) is 11.5 Å². The minimum Gasteiger partial charge on any atom is -0.504 e. The second-order valence-electron chi connectivity index (χ2n) is 11.9. The molecule has 4 aromatic heterocycles. The van der Waals surface area contributed by atoms with Gasteiger partial charge < -0.3 is 24.8 Å².